The largest absolute Gasteiger partial charge is 0.493 e. The number of hydrogen-bond donors (Lipinski definition) is 0. The zero-order valence-corrected chi connectivity index (χ0v) is 14.0. The first-order chi connectivity index (χ1) is 12.0. The van der Waals surface area contributed by atoms with E-state index in [2.05, 4.69) is 0 Å². The number of benzene rings is 2. The highest BCUT2D eigenvalue weighted by Gasteiger charge is 2.25. The van der Waals surface area contributed by atoms with Gasteiger partial charge in [0.15, 0.2) is 17.3 Å². The molecule has 0 saturated heterocycles. The van der Waals surface area contributed by atoms with Crippen molar-refractivity contribution >= 4 is 11.4 Å². The monoisotopic (exact) mass is 344 g/mol. The molecule has 0 amide bonds. The van der Waals surface area contributed by atoms with Crippen LogP contribution in [0.25, 0.3) is 5.57 Å². The van der Waals surface area contributed by atoms with Gasteiger partial charge < -0.3 is 9.47 Å². The van der Waals surface area contributed by atoms with E-state index in [0.717, 1.165) is 23.8 Å². The Balaban J connectivity index is 1.95. The Kier molecular flexibility index (Phi) is 4.83. The fraction of sp³-hybridized carbons (Fsp3) is 0.250. The second kappa shape index (κ2) is 7.05. The minimum absolute atomic E-state index is 0.107. The van der Waals surface area contributed by atoms with E-state index in [-0.39, 0.29) is 17.3 Å². The summed E-state index contributed by atoms with van der Waals surface area (Å²) in [7, 11) is 3.09. The molecule has 1 aliphatic rings. The Morgan fingerprint density at radius 3 is 2.44 bits per heavy atom. The summed E-state index contributed by atoms with van der Waals surface area (Å²) < 4.78 is 38.1. The van der Waals surface area contributed by atoms with Crippen LogP contribution in [0.4, 0.5) is 8.78 Å². The molecule has 1 atom stereocenters. The van der Waals surface area contributed by atoms with Crippen molar-refractivity contribution in [1.82, 2.24) is 0 Å². The minimum Gasteiger partial charge on any atom is -0.493 e. The van der Waals surface area contributed by atoms with Gasteiger partial charge in [0, 0.05) is 12.0 Å². The highest BCUT2D eigenvalue weighted by molar-refractivity contribution is 5.99. The van der Waals surface area contributed by atoms with Crippen LogP contribution in [0.5, 0.6) is 11.5 Å². The minimum atomic E-state index is -0.534. The molecule has 2 aromatic carbocycles. The Hall–Kier alpha value is -2.69. The van der Waals surface area contributed by atoms with Crippen molar-refractivity contribution in [2.75, 3.05) is 14.2 Å². The number of hydrogen-bond acceptors (Lipinski definition) is 3. The van der Waals surface area contributed by atoms with Gasteiger partial charge in [0.2, 0.25) is 0 Å². The van der Waals surface area contributed by atoms with Gasteiger partial charge in [-0.25, -0.2) is 8.78 Å². The summed E-state index contributed by atoms with van der Waals surface area (Å²) in [4.78, 5) is 12.2. The van der Waals surface area contributed by atoms with E-state index in [1.807, 2.05) is 12.1 Å². The van der Waals surface area contributed by atoms with Crippen molar-refractivity contribution in [3.05, 3.63) is 65.2 Å². The van der Waals surface area contributed by atoms with Crippen molar-refractivity contribution in [2.45, 2.75) is 18.8 Å². The van der Waals surface area contributed by atoms with Crippen LogP contribution < -0.4 is 9.47 Å². The number of rotatable bonds is 4. The lowest BCUT2D eigenvalue weighted by Gasteiger charge is -2.23. The van der Waals surface area contributed by atoms with E-state index in [0.29, 0.717) is 29.9 Å². The van der Waals surface area contributed by atoms with Gasteiger partial charge in [0.05, 0.1) is 14.2 Å². The summed E-state index contributed by atoms with van der Waals surface area (Å²) in [5.74, 6) is -0.133. The standard InChI is InChI=1S/C20H18F2O3/c1-24-19-6-3-12(10-20(19)25-2)13-7-14(9-16(23)8-13)17-11-15(21)4-5-18(17)22/h3-6,9-11,13H,7-8H2,1-2H3. The van der Waals surface area contributed by atoms with E-state index < -0.39 is 11.6 Å². The molecule has 0 N–H and O–H groups in total. The fourth-order valence-corrected chi connectivity index (χ4v) is 3.17. The molecule has 3 nitrogen and oxygen atoms in total. The molecule has 0 heterocycles. The molecule has 25 heavy (non-hydrogen) atoms. The lowest BCUT2D eigenvalue weighted by atomic mass is 9.81. The number of methoxy groups -OCH3 is 2. The quantitative estimate of drug-likeness (QED) is 0.818. The SMILES string of the molecule is COc1ccc(C2CC(=O)C=C(c3cc(F)ccc3F)C2)cc1OC. The zero-order valence-electron chi connectivity index (χ0n) is 14.0. The Morgan fingerprint density at radius 2 is 1.72 bits per heavy atom. The van der Waals surface area contributed by atoms with Gasteiger partial charge in [-0.2, -0.15) is 0 Å². The van der Waals surface area contributed by atoms with Gasteiger partial charge in [-0.05, 0) is 59.9 Å². The maximum Gasteiger partial charge on any atom is 0.160 e. The molecule has 0 spiro atoms. The highest BCUT2D eigenvalue weighted by atomic mass is 19.1. The van der Waals surface area contributed by atoms with Gasteiger partial charge in [-0.15, -0.1) is 0 Å². The van der Waals surface area contributed by atoms with Crippen molar-refractivity contribution in [3.63, 3.8) is 0 Å². The second-order valence-corrected chi connectivity index (χ2v) is 5.98. The summed E-state index contributed by atoms with van der Waals surface area (Å²) in [6.45, 7) is 0. The third-order valence-electron chi connectivity index (χ3n) is 4.40. The predicted molar refractivity (Wildman–Crippen MR) is 90.9 cm³/mol. The van der Waals surface area contributed by atoms with Gasteiger partial charge >= 0.3 is 0 Å². The van der Waals surface area contributed by atoms with Crippen LogP contribution in [0.1, 0.15) is 29.9 Å². The Morgan fingerprint density at radius 1 is 0.960 bits per heavy atom. The molecular weight excluding hydrogens is 326 g/mol. The second-order valence-electron chi connectivity index (χ2n) is 5.98. The van der Waals surface area contributed by atoms with Crippen molar-refractivity contribution in [1.29, 1.82) is 0 Å². The highest BCUT2D eigenvalue weighted by Crippen LogP contribution is 2.39. The number of carbonyl (C=O) groups is 1. The van der Waals surface area contributed by atoms with Crippen LogP contribution in [-0.4, -0.2) is 20.0 Å². The van der Waals surface area contributed by atoms with Crippen LogP contribution in [0.2, 0.25) is 0 Å². The number of carbonyl (C=O) groups excluding carboxylic acids is 1. The molecule has 0 aliphatic heterocycles. The van der Waals surface area contributed by atoms with Crippen LogP contribution in [0, 0.1) is 11.6 Å². The molecule has 0 bridgehead atoms. The number of ketones is 1. The lowest BCUT2D eigenvalue weighted by molar-refractivity contribution is -0.115. The predicted octanol–water partition coefficient (Wildman–Crippen LogP) is 4.51. The van der Waals surface area contributed by atoms with Crippen molar-refractivity contribution < 1.29 is 23.0 Å². The first-order valence-corrected chi connectivity index (χ1v) is 7.92. The molecule has 0 aromatic heterocycles. The van der Waals surface area contributed by atoms with Crippen LogP contribution in [0.3, 0.4) is 0 Å². The van der Waals surface area contributed by atoms with Gasteiger partial charge in [-0.3, -0.25) is 4.79 Å². The number of ether oxygens (including phenoxy) is 2. The van der Waals surface area contributed by atoms with E-state index in [9.17, 15) is 13.6 Å². The molecule has 0 fully saturated rings. The van der Waals surface area contributed by atoms with Gasteiger partial charge in [0.25, 0.3) is 0 Å². The summed E-state index contributed by atoms with van der Waals surface area (Å²) >= 11 is 0. The Labute approximate surface area is 144 Å². The summed E-state index contributed by atoms with van der Waals surface area (Å²) in [6, 6.07) is 8.74. The molecule has 0 radical (unpaired) electrons. The van der Waals surface area contributed by atoms with Crippen molar-refractivity contribution in [2.24, 2.45) is 0 Å². The number of halogens is 2. The summed E-state index contributed by atoms with van der Waals surface area (Å²) in [6.07, 6.45) is 2.17. The molecule has 0 saturated carbocycles. The lowest BCUT2D eigenvalue weighted by Crippen LogP contribution is -2.13. The maximum absolute atomic E-state index is 14.1. The van der Waals surface area contributed by atoms with E-state index in [1.165, 1.54) is 6.08 Å². The van der Waals surface area contributed by atoms with Gasteiger partial charge in [0.1, 0.15) is 11.6 Å². The molecule has 2 aromatic rings. The third-order valence-corrected chi connectivity index (χ3v) is 4.40. The molecule has 5 heteroatoms. The molecule has 1 unspecified atom stereocenters. The summed E-state index contributed by atoms with van der Waals surface area (Å²) in [5, 5.41) is 0. The van der Waals surface area contributed by atoms with Crippen LogP contribution >= 0.6 is 0 Å². The maximum atomic E-state index is 14.1. The average molecular weight is 344 g/mol. The zero-order chi connectivity index (χ0) is 18.0. The first-order valence-electron chi connectivity index (χ1n) is 7.92. The summed E-state index contributed by atoms with van der Waals surface area (Å²) in [5.41, 5.74) is 1.54. The average Bonchev–Trinajstić information content (AvgIpc) is 2.62. The molecule has 130 valence electrons. The Bertz CT molecular complexity index is 843. The van der Waals surface area contributed by atoms with Crippen LogP contribution in [-0.2, 0) is 4.79 Å². The van der Waals surface area contributed by atoms with E-state index >= 15 is 0 Å². The first kappa shape index (κ1) is 17.1. The smallest absolute Gasteiger partial charge is 0.160 e. The third kappa shape index (κ3) is 3.55. The molecule has 3 rings (SSSR count). The van der Waals surface area contributed by atoms with Crippen molar-refractivity contribution in [3.8, 4) is 11.5 Å². The molecular formula is C20H18F2O3. The molecule has 1 aliphatic carbocycles. The topological polar surface area (TPSA) is 35.5 Å². The normalized spacial score (nSPS) is 17.2. The number of allylic oxidation sites excluding steroid dienone is 2. The fourth-order valence-electron chi connectivity index (χ4n) is 3.17. The van der Waals surface area contributed by atoms with Crippen LogP contribution in [0.15, 0.2) is 42.5 Å². The van der Waals surface area contributed by atoms with Gasteiger partial charge in [-0.1, -0.05) is 6.07 Å². The van der Waals surface area contributed by atoms with E-state index in [1.54, 1.807) is 20.3 Å². The van der Waals surface area contributed by atoms with E-state index in [4.69, 9.17) is 9.47 Å².